The van der Waals surface area contributed by atoms with E-state index in [1.54, 1.807) is 67.6 Å². The van der Waals surface area contributed by atoms with Crippen LogP contribution in [0, 0.1) is 0 Å². The Labute approximate surface area is 537 Å². The predicted octanol–water partition coefficient (Wildman–Crippen LogP) is 15.7. The summed E-state index contributed by atoms with van der Waals surface area (Å²) in [4.78, 5) is 58.0. The average molecular weight is 1260 g/mol. The average Bonchev–Trinajstić information content (AvgIpc) is 1.99. The highest BCUT2D eigenvalue weighted by Crippen LogP contribution is 2.43. The quantitative estimate of drug-likeness (QED) is 0.00466. The summed E-state index contributed by atoms with van der Waals surface area (Å²) in [6.07, 6.45) is 18.3. The largest absolute Gasteiger partial charge is 0.502 e. The molecular weight excluding hydrogens is 1170 g/mol. The third-order valence-corrected chi connectivity index (χ3v) is 12.4. The van der Waals surface area contributed by atoms with E-state index in [1.165, 1.54) is 30.9 Å². The first-order valence-corrected chi connectivity index (χ1v) is 30.7. The smallest absolute Gasteiger partial charge is 0.336 e. The number of carbonyl (C=O) groups excluding carboxylic acids is 2. The lowest BCUT2D eigenvalue weighted by Gasteiger charge is -2.19. The molecule has 4 rings (SSSR count). The van der Waals surface area contributed by atoms with Gasteiger partial charge < -0.3 is 57.0 Å². The van der Waals surface area contributed by atoms with Gasteiger partial charge in [-0.1, -0.05) is 80.6 Å². The number of rotatable bonds is 54. The number of hydrogen-bond donors (Lipinski definition) is 0. The lowest BCUT2D eigenvalue weighted by molar-refractivity contribution is -0.288. The zero-order valence-electron chi connectivity index (χ0n) is 53.4. The van der Waals surface area contributed by atoms with Crippen LogP contribution in [0.3, 0.4) is 0 Å². The number of hydrogen-bond acceptors (Lipinski definition) is 19. The lowest BCUT2D eigenvalue weighted by Crippen LogP contribution is -2.09. The maximum absolute atomic E-state index is 13.4. The summed E-state index contributed by atoms with van der Waals surface area (Å²) in [6, 6.07) is 21.3. The van der Waals surface area contributed by atoms with Gasteiger partial charge in [-0.2, -0.15) is 4.89 Å². The van der Waals surface area contributed by atoms with Crippen LogP contribution in [0.25, 0.3) is 23.3 Å². The molecule has 19 nitrogen and oxygen atoms in total. The number of unbranched alkanes of at least 4 members (excludes halogenated alkanes) is 6. The summed E-state index contributed by atoms with van der Waals surface area (Å²) in [7, 11) is 0. The second-order valence-corrected chi connectivity index (χ2v) is 20.3. The van der Waals surface area contributed by atoms with Crippen molar-refractivity contribution in [3.8, 4) is 57.1 Å². The lowest BCUT2D eigenvalue weighted by atomic mass is 10.1. The van der Waals surface area contributed by atoms with Crippen molar-refractivity contribution in [3.63, 3.8) is 0 Å². The van der Waals surface area contributed by atoms with E-state index in [1.807, 2.05) is 38.1 Å². The molecule has 0 aliphatic heterocycles. The van der Waals surface area contributed by atoms with Crippen LogP contribution in [0.5, 0.6) is 46.0 Å². The third kappa shape index (κ3) is 32.6. The molecule has 0 saturated heterocycles. The maximum Gasteiger partial charge on any atom is 0.336 e. The fourth-order valence-corrected chi connectivity index (χ4v) is 7.75. The second kappa shape index (κ2) is 47.3. The van der Waals surface area contributed by atoms with Crippen molar-refractivity contribution >= 4 is 24.1 Å². The monoisotopic (exact) mass is 1260 g/mol. The van der Waals surface area contributed by atoms with Gasteiger partial charge in [0, 0.05) is 30.2 Å². The van der Waals surface area contributed by atoms with Gasteiger partial charge in [-0.25, -0.2) is 29.1 Å². The number of esters is 2. The molecule has 0 spiro atoms. The van der Waals surface area contributed by atoms with Crippen molar-refractivity contribution in [2.45, 2.75) is 97.8 Å². The van der Waals surface area contributed by atoms with Gasteiger partial charge >= 0.3 is 11.9 Å². The molecule has 0 N–H and O–H groups in total. The Kier molecular flexibility index (Phi) is 38.9. The first kappa shape index (κ1) is 74.8. The van der Waals surface area contributed by atoms with Gasteiger partial charge in [0.1, 0.15) is 24.7 Å². The van der Waals surface area contributed by atoms with Crippen molar-refractivity contribution in [1.82, 2.24) is 0 Å². The zero-order valence-corrected chi connectivity index (χ0v) is 53.4. The van der Waals surface area contributed by atoms with E-state index in [9.17, 15) is 9.59 Å². The van der Waals surface area contributed by atoms with Crippen molar-refractivity contribution in [3.05, 3.63) is 177 Å². The second-order valence-electron chi connectivity index (χ2n) is 20.3. The Morgan fingerprint density at radius 3 is 1.08 bits per heavy atom. The molecule has 0 radical (unpaired) electrons. The first-order valence-electron chi connectivity index (χ1n) is 30.7. The molecule has 0 atom stereocenters. The van der Waals surface area contributed by atoms with Gasteiger partial charge in [-0.05, 0) is 163 Å². The molecule has 4 aromatic carbocycles. The molecule has 0 heterocycles. The van der Waals surface area contributed by atoms with Gasteiger partial charge in [0.05, 0.1) is 98.1 Å². The summed E-state index contributed by atoms with van der Waals surface area (Å²) in [5.41, 5.74) is 7.14. The molecular formula is C72H92O19. The predicted molar refractivity (Wildman–Crippen MR) is 350 cm³/mol. The molecule has 0 bridgehead atoms. The Balaban J connectivity index is 1.46. The van der Waals surface area contributed by atoms with E-state index < -0.39 is 11.9 Å². The highest BCUT2D eigenvalue weighted by atomic mass is 17.2. The van der Waals surface area contributed by atoms with Crippen molar-refractivity contribution < 1.29 is 91.0 Å². The van der Waals surface area contributed by atoms with Gasteiger partial charge in [0.2, 0.25) is 11.5 Å². The third-order valence-electron chi connectivity index (χ3n) is 12.4. The number of benzene rings is 4. The highest BCUT2D eigenvalue weighted by molar-refractivity contribution is 5.90. The van der Waals surface area contributed by atoms with Crippen molar-refractivity contribution in [2.75, 3.05) is 92.5 Å². The molecule has 494 valence electrons. The molecule has 4 aromatic rings. The summed E-state index contributed by atoms with van der Waals surface area (Å²) in [5, 5.41) is 0. The van der Waals surface area contributed by atoms with Crippen LogP contribution in [0.2, 0.25) is 0 Å². The van der Waals surface area contributed by atoms with Crippen molar-refractivity contribution in [1.29, 1.82) is 0 Å². The van der Waals surface area contributed by atoms with Crippen LogP contribution < -0.4 is 37.9 Å². The van der Waals surface area contributed by atoms with Crippen LogP contribution in [0.1, 0.15) is 109 Å². The minimum Gasteiger partial charge on any atom is -0.502 e. The minimum atomic E-state index is -0.616. The van der Waals surface area contributed by atoms with E-state index in [0.29, 0.717) is 207 Å². The molecule has 0 aromatic heterocycles. The zero-order chi connectivity index (χ0) is 65.4. The summed E-state index contributed by atoms with van der Waals surface area (Å²) >= 11 is 0. The number of allylic oxidation sites excluding steroid dienone is 1. The molecule has 91 heavy (non-hydrogen) atoms. The molecule has 0 aliphatic carbocycles. The molecule has 19 heteroatoms. The molecule has 0 amide bonds. The number of carbonyl (C=O) groups is 2. The fraction of sp³-hybridized carbons (Fsp3) is 0.403. The highest BCUT2D eigenvalue weighted by Gasteiger charge is 2.20. The van der Waals surface area contributed by atoms with Gasteiger partial charge in [0.15, 0.2) is 28.8 Å². The van der Waals surface area contributed by atoms with E-state index in [0.717, 1.165) is 48.0 Å². The fourth-order valence-electron chi connectivity index (χ4n) is 7.75. The number of ether oxygens (including phenoxy) is 11. The van der Waals surface area contributed by atoms with Crippen LogP contribution in [0.15, 0.2) is 166 Å². The maximum atomic E-state index is 13.4. The van der Waals surface area contributed by atoms with Crippen LogP contribution >= 0.6 is 0 Å². The Morgan fingerprint density at radius 2 is 0.725 bits per heavy atom. The van der Waals surface area contributed by atoms with Gasteiger partial charge in [-0.15, -0.1) is 0 Å². The summed E-state index contributed by atoms with van der Waals surface area (Å²) in [5.74, 6) is 2.43. The SMILES string of the molecule is C=C=C(C)OOCCCCOc1c(/C=C/C(=O)Oc2ccc(-c3ccc(OC(=O)/C=C/c4ccc(OCCCCOOCC(=C)C)c(OCCCCOOCC(=C)C)c4OCCCCOC=C)cc3)cc2)ccc(OCCCCOC=C)c1OCCCCOC=C. The van der Waals surface area contributed by atoms with E-state index in [-0.39, 0.29) is 0 Å². The van der Waals surface area contributed by atoms with E-state index in [4.69, 9.17) is 81.4 Å². The Morgan fingerprint density at radius 1 is 0.396 bits per heavy atom. The normalized spacial score (nSPS) is 10.8. The summed E-state index contributed by atoms with van der Waals surface area (Å²) in [6.45, 7) is 32.7. The van der Waals surface area contributed by atoms with Crippen LogP contribution in [-0.4, -0.2) is 104 Å². The van der Waals surface area contributed by atoms with Crippen LogP contribution in [-0.2, 0) is 53.1 Å². The van der Waals surface area contributed by atoms with E-state index in [2.05, 4.69) is 45.2 Å². The van der Waals surface area contributed by atoms with Gasteiger partial charge in [0.25, 0.3) is 0 Å². The first-order chi connectivity index (χ1) is 44.5. The molecule has 0 aliphatic rings. The topological polar surface area (TPSA) is 191 Å². The Hall–Kier alpha value is -8.68. The molecule has 0 unspecified atom stereocenters. The molecule has 0 fully saturated rings. The standard InChI is InChI=1S/C72H92O19/c1-10-58(9)91-86-53-25-22-48-81-70-62(30-38-65(78-45-17-14-42-75-11-2)71(70)82-49-19-16-44-77-13-4)33-41-68(74)90-64-36-28-60(29-37-64)59-26-34-63(35-27-59)89-67(73)40-32-61-31-39-66(79-46-20-23-51-84-87-54-56(5)6)72(69(61)80-47-18-15-43-76-12-3)83-50-21-24-52-85-88-55-57(7)8/h11-13,26-41H,1-5,7,14-25,42-55H2,6,8-9H3/b40-32+,41-33+. The van der Waals surface area contributed by atoms with E-state index >= 15 is 0 Å². The molecule has 0 saturated carbocycles. The minimum absolute atomic E-state index is 0.296. The van der Waals surface area contributed by atoms with Crippen LogP contribution in [0.4, 0.5) is 0 Å². The van der Waals surface area contributed by atoms with Gasteiger partial charge in [-0.3, -0.25) is 0 Å². The Bertz CT molecular complexity index is 2900. The van der Waals surface area contributed by atoms with Crippen molar-refractivity contribution in [2.24, 2.45) is 0 Å². The summed E-state index contributed by atoms with van der Waals surface area (Å²) < 4.78 is 65.4.